The van der Waals surface area contributed by atoms with Gasteiger partial charge in [-0.05, 0) is 51.0 Å². The number of benzene rings is 1. The summed E-state index contributed by atoms with van der Waals surface area (Å²) in [5.41, 5.74) is -1.15. The van der Waals surface area contributed by atoms with Crippen molar-refractivity contribution in [2.45, 2.75) is 32.8 Å². The van der Waals surface area contributed by atoms with Crippen molar-refractivity contribution in [1.29, 1.82) is 0 Å². The van der Waals surface area contributed by atoms with Crippen LogP contribution in [-0.4, -0.2) is 51.3 Å². The molecule has 26 heavy (non-hydrogen) atoms. The van der Waals surface area contributed by atoms with Crippen LogP contribution < -0.4 is 20.1 Å². The number of hydrogen-bond acceptors (Lipinski definition) is 5. The maximum absolute atomic E-state index is 12.3. The van der Waals surface area contributed by atoms with Gasteiger partial charge < -0.3 is 24.8 Å². The van der Waals surface area contributed by atoms with Crippen molar-refractivity contribution in [2.24, 2.45) is 5.41 Å². The maximum atomic E-state index is 12.3. The Morgan fingerprint density at radius 3 is 2.42 bits per heavy atom. The smallest absolute Gasteiger partial charge is 0.235 e. The van der Waals surface area contributed by atoms with Crippen LogP contribution in [0.3, 0.4) is 0 Å². The van der Waals surface area contributed by atoms with E-state index in [1.54, 1.807) is 45.2 Å². The first kappa shape index (κ1) is 20.0. The quantitative estimate of drug-likeness (QED) is 0.512. The molecular weight excluding hydrogens is 336 g/mol. The van der Waals surface area contributed by atoms with E-state index in [9.17, 15) is 9.59 Å². The van der Waals surface area contributed by atoms with Crippen LogP contribution in [0.5, 0.6) is 11.5 Å². The number of carbonyl (C=O) groups is 2. The van der Waals surface area contributed by atoms with Gasteiger partial charge in [0.05, 0.1) is 19.8 Å². The lowest BCUT2D eigenvalue weighted by Gasteiger charge is -2.23. The molecule has 1 aliphatic heterocycles. The van der Waals surface area contributed by atoms with Crippen molar-refractivity contribution in [3.05, 3.63) is 24.3 Å². The van der Waals surface area contributed by atoms with Gasteiger partial charge in [-0.15, -0.1) is 0 Å². The third kappa shape index (κ3) is 5.62. The topological polar surface area (TPSA) is 85.9 Å². The molecule has 1 fully saturated rings. The van der Waals surface area contributed by atoms with Crippen molar-refractivity contribution < 1.29 is 23.8 Å². The fraction of sp³-hybridized carbons (Fsp3) is 0.579. The van der Waals surface area contributed by atoms with E-state index in [-0.39, 0.29) is 17.9 Å². The Balaban J connectivity index is 1.69. The van der Waals surface area contributed by atoms with Gasteiger partial charge in [-0.3, -0.25) is 9.59 Å². The third-order valence-corrected chi connectivity index (χ3v) is 4.37. The highest BCUT2D eigenvalue weighted by Gasteiger charge is 2.36. The normalized spacial score (nSPS) is 16.8. The van der Waals surface area contributed by atoms with E-state index in [1.165, 1.54) is 0 Å². The van der Waals surface area contributed by atoms with Gasteiger partial charge in [-0.1, -0.05) is 0 Å². The summed E-state index contributed by atoms with van der Waals surface area (Å²) in [6, 6.07) is 7.19. The van der Waals surface area contributed by atoms with Gasteiger partial charge in [0.25, 0.3) is 0 Å². The Kier molecular flexibility index (Phi) is 7.26. The molecule has 0 saturated carbocycles. The van der Waals surface area contributed by atoms with E-state index in [2.05, 4.69) is 10.6 Å². The number of amides is 2. The van der Waals surface area contributed by atoms with Gasteiger partial charge in [-0.25, -0.2) is 0 Å². The van der Waals surface area contributed by atoms with E-state index < -0.39 is 5.41 Å². The SMILES string of the molecule is COc1ccc(OCCNC(=O)C(C)(C)C(=O)NCC2CCCO2)cc1. The molecule has 1 saturated heterocycles. The van der Waals surface area contributed by atoms with Crippen LogP contribution in [-0.2, 0) is 14.3 Å². The predicted molar refractivity (Wildman–Crippen MR) is 97.3 cm³/mol. The largest absolute Gasteiger partial charge is 0.497 e. The zero-order valence-corrected chi connectivity index (χ0v) is 15.7. The molecule has 2 rings (SSSR count). The Morgan fingerprint density at radius 2 is 1.81 bits per heavy atom. The van der Waals surface area contributed by atoms with Crippen molar-refractivity contribution in [3.8, 4) is 11.5 Å². The second kappa shape index (κ2) is 9.43. The molecule has 1 aromatic carbocycles. The van der Waals surface area contributed by atoms with Crippen molar-refractivity contribution >= 4 is 11.8 Å². The van der Waals surface area contributed by atoms with E-state index in [4.69, 9.17) is 14.2 Å². The molecule has 7 nitrogen and oxygen atoms in total. The lowest BCUT2D eigenvalue weighted by atomic mass is 9.91. The molecule has 2 N–H and O–H groups in total. The van der Waals surface area contributed by atoms with Crippen molar-refractivity contribution in [3.63, 3.8) is 0 Å². The standard InChI is InChI=1S/C19H28N2O5/c1-19(2,18(23)21-13-16-5-4-11-25-16)17(22)20-10-12-26-15-8-6-14(24-3)7-9-15/h6-9,16H,4-5,10-13H2,1-3H3,(H,20,22)(H,21,23). The summed E-state index contributed by atoms with van der Waals surface area (Å²) in [7, 11) is 1.60. The Bertz CT molecular complexity index is 594. The molecule has 0 aliphatic carbocycles. The molecule has 1 aromatic rings. The van der Waals surface area contributed by atoms with E-state index in [0.717, 1.165) is 25.2 Å². The first-order valence-corrected chi connectivity index (χ1v) is 8.88. The Morgan fingerprint density at radius 1 is 1.15 bits per heavy atom. The average molecular weight is 364 g/mol. The number of methoxy groups -OCH3 is 1. The molecule has 0 aromatic heterocycles. The highest BCUT2D eigenvalue weighted by molar-refractivity contribution is 6.04. The molecule has 1 heterocycles. The molecule has 1 aliphatic rings. The first-order chi connectivity index (χ1) is 12.4. The highest BCUT2D eigenvalue weighted by Crippen LogP contribution is 2.18. The van der Waals surface area contributed by atoms with Crippen LogP contribution in [0.2, 0.25) is 0 Å². The van der Waals surface area contributed by atoms with Gasteiger partial charge in [0.1, 0.15) is 23.5 Å². The second-order valence-corrected chi connectivity index (χ2v) is 6.75. The molecule has 1 unspecified atom stereocenters. The van der Waals surface area contributed by atoms with Crippen LogP contribution in [0.1, 0.15) is 26.7 Å². The minimum Gasteiger partial charge on any atom is -0.497 e. The van der Waals surface area contributed by atoms with Gasteiger partial charge >= 0.3 is 0 Å². The van der Waals surface area contributed by atoms with Gasteiger partial charge in [0.15, 0.2) is 0 Å². The fourth-order valence-corrected chi connectivity index (χ4v) is 2.56. The molecule has 0 radical (unpaired) electrons. The van der Waals surface area contributed by atoms with Crippen LogP contribution >= 0.6 is 0 Å². The molecular formula is C19H28N2O5. The number of carbonyl (C=O) groups excluding carboxylic acids is 2. The van der Waals surface area contributed by atoms with E-state index in [0.29, 0.717) is 25.4 Å². The molecule has 2 amide bonds. The summed E-state index contributed by atoms with van der Waals surface area (Å²) in [4.78, 5) is 24.6. The maximum Gasteiger partial charge on any atom is 0.235 e. The second-order valence-electron chi connectivity index (χ2n) is 6.75. The monoisotopic (exact) mass is 364 g/mol. The first-order valence-electron chi connectivity index (χ1n) is 8.88. The third-order valence-electron chi connectivity index (χ3n) is 4.37. The zero-order chi connectivity index (χ0) is 19.0. The molecule has 1 atom stereocenters. The van der Waals surface area contributed by atoms with Gasteiger partial charge in [-0.2, -0.15) is 0 Å². The fourth-order valence-electron chi connectivity index (χ4n) is 2.56. The van der Waals surface area contributed by atoms with Crippen LogP contribution in [0, 0.1) is 5.41 Å². The van der Waals surface area contributed by atoms with Crippen molar-refractivity contribution in [2.75, 3.05) is 33.4 Å². The lowest BCUT2D eigenvalue weighted by molar-refractivity contribution is -0.141. The summed E-state index contributed by atoms with van der Waals surface area (Å²) in [6.07, 6.45) is 2.00. The summed E-state index contributed by atoms with van der Waals surface area (Å²) in [5.74, 6) is 0.803. The van der Waals surface area contributed by atoms with Gasteiger partial charge in [0, 0.05) is 13.2 Å². The predicted octanol–water partition coefficient (Wildman–Crippen LogP) is 1.51. The number of ether oxygens (including phenoxy) is 3. The Labute approximate surface area is 154 Å². The van der Waals surface area contributed by atoms with Crippen LogP contribution in [0.4, 0.5) is 0 Å². The minimum absolute atomic E-state index is 0.0516. The average Bonchev–Trinajstić information content (AvgIpc) is 3.17. The number of nitrogens with one attached hydrogen (secondary N) is 2. The molecule has 7 heteroatoms. The molecule has 0 spiro atoms. The van der Waals surface area contributed by atoms with Crippen molar-refractivity contribution in [1.82, 2.24) is 10.6 Å². The highest BCUT2D eigenvalue weighted by atomic mass is 16.5. The number of rotatable bonds is 9. The van der Waals surface area contributed by atoms with E-state index in [1.807, 2.05) is 0 Å². The van der Waals surface area contributed by atoms with Gasteiger partial charge in [0.2, 0.25) is 11.8 Å². The lowest BCUT2D eigenvalue weighted by Crippen LogP contribution is -2.49. The van der Waals surface area contributed by atoms with Crippen LogP contribution in [0.15, 0.2) is 24.3 Å². The summed E-state index contributed by atoms with van der Waals surface area (Å²) in [5, 5.41) is 5.55. The van der Waals surface area contributed by atoms with Crippen LogP contribution in [0.25, 0.3) is 0 Å². The molecule has 144 valence electrons. The molecule has 0 bridgehead atoms. The summed E-state index contributed by atoms with van der Waals surface area (Å²) < 4.78 is 16.1. The summed E-state index contributed by atoms with van der Waals surface area (Å²) in [6.45, 7) is 5.02. The number of hydrogen-bond donors (Lipinski definition) is 2. The summed E-state index contributed by atoms with van der Waals surface area (Å²) >= 11 is 0. The zero-order valence-electron chi connectivity index (χ0n) is 15.7. The minimum atomic E-state index is -1.15. The Hall–Kier alpha value is -2.28. The van der Waals surface area contributed by atoms with E-state index >= 15 is 0 Å².